The van der Waals surface area contributed by atoms with Crippen molar-refractivity contribution in [2.24, 2.45) is 0 Å². The number of anilines is 1. The highest BCUT2D eigenvalue weighted by Crippen LogP contribution is 2.28. The molecule has 0 amide bonds. The van der Waals surface area contributed by atoms with Gasteiger partial charge in [0.2, 0.25) is 0 Å². The van der Waals surface area contributed by atoms with Crippen molar-refractivity contribution in [3.8, 4) is 0 Å². The number of hydrogen-bond acceptors (Lipinski definition) is 2. The number of rotatable bonds is 2. The van der Waals surface area contributed by atoms with Crippen molar-refractivity contribution in [3.63, 3.8) is 0 Å². The third-order valence-corrected chi connectivity index (χ3v) is 2.98. The van der Waals surface area contributed by atoms with Gasteiger partial charge in [-0.3, -0.25) is 0 Å². The molecule has 0 fully saturated rings. The van der Waals surface area contributed by atoms with Crippen LogP contribution >= 0.6 is 15.9 Å². The van der Waals surface area contributed by atoms with Crippen LogP contribution in [-0.4, -0.2) is 11.5 Å². The largest absolute Gasteiger partial charge is 0.370 e. The molecule has 1 heterocycles. The number of fused-ring (bicyclic) bond motifs is 1. The lowest BCUT2D eigenvalue weighted by molar-refractivity contribution is 0.586. The molecule has 5 heteroatoms. The van der Waals surface area contributed by atoms with E-state index in [-0.39, 0.29) is 9.99 Å². The minimum Gasteiger partial charge on any atom is -0.370 e. The van der Waals surface area contributed by atoms with Crippen molar-refractivity contribution in [1.82, 2.24) is 4.98 Å². The first-order chi connectivity index (χ1) is 7.63. The smallest absolute Gasteiger partial charge is 0.152 e. The van der Waals surface area contributed by atoms with Gasteiger partial charge in [0.1, 0.15) is 17.2 Å². The van der Waals surface area contributed by atoms with Gasteiger partial charge in [-0.2, -0.15) is 0 Å². The molecule has 2 rings (SSSR count). The quantitative estimate of drug-likeness (QED) is 0.852. The van der Waals surface area contributed by atoms with E-state index in [1.54, 1.807) is 12.1 Å². The summed E-state index contributed by atoms with van der Waals surface area (Å²) >= 11 is 3.08. The first kappa shape index (κ1) is 11.3. The van der Waals surface area contributed by atoms with E-state index in [9.17, 15) is 8.78 Å². The lowest BCUT2D eigenvalue weighted by Gasteiger charge is -2.06. The zero-order chi connectivity index (χ0) is 11.7. The molecule has 0 radical (unpaired) electrons. The maximum atomic E-state index is 13.5. The summed E-state index contributed by atoms with van der Waals surface area (Å²) in [4.78, 5) is 4.08. The molecule has 2 nitrogen and oxygen atoms in total. The summed E-state index contributed by atoms with van der Waals surface area (Å²) in [5.41, 5.74) is 0.159. The highest BCUT2D eigenvalue weighted by atomic mass is 79.9. The van der Waals surface area contributed by atoms with Crippen LogP contribution < -0.4 is 5.32 Å². The van der Waals surface area contributed by atoms with Crippen LogP contribution in [0, 0.1) is 11.6 Å². The molecule has 0 aliphatic heterocycles. The van der Waals surface area contributed by atoms with Crippen LogP contribution in [0.1, 0.15) is 6.92 Å². The third kappa shape index (κ3) is 1.87. The number of aromatic nitrogens is 1. The van der Waals surface area contributed by atoms with E-state index in [2.05, 4.69) is 26.2 Å². The van der Waals surface area contributed by atoms with Crippen molar-refractivity contribution < 1.29 is 8.78 Å². The van der Waals surface area contributed by atoms with Crippen LogP contribution in [0.3, 0.4) is 0 Å². The number of halogens is 3. The molecule has 0 saturated heterocycles. The second kappa shape index (κ2) is 4.33. The Kier molecular flexibility index (Phi) is 3.05. The zero-order valence-corrected chi connectivity index (χ0v) is 10.1. The van der Waals surface area contributed by atoms with Crippen LogP contribution in [0.25, 0.3) is 10.9 Å². The molecule has 1 N–H and O–H groups in total. The van der Waals surface area contributed by atoms with Crippen molar-refractivity contribution >= 4 is 32.7 Å². The fourth-order valence-corrected chi connectivity index (χ4v) is 1.90. The molecule has 0 saturated carbocycles. The maximum Gasteiger partial charge on any atom is 0.152 e. The molecule has 0 aliphatic rings. The molecule has 0 aliphatic carbocycles. The van der Waals surface area contributed by atoms with Gasteiger partial charge in [0.15, 0.2) is 5.82 Å². The van der Waals surface area contributed by atoms with Gasteiger partial charge in [-0.25, -0.2) is 13.8 Å². The molecule has 0 spiro atoms. The summed E-state index contributed by atoms with van der Waals surface area (Å²) in [5.74, 6) is -0.703. The van der Waals surface area contributed by atoms with Gasteiger partial charge in [0.25, 0.3) is 0 Å². The first-order valence-electron chi connectivity index (χ1n) is 4.81. The van der Waals surface area contributed by atoms with Crippen molar-refractivity contribution in [1.29, 1.82) is 0 Å². The molecule has 1 aromatic heterocycles. The SMILES string of the molecule is CCNc1ccc2c(Br)c(F)cc(F)c2n1. The summed E-state index contributed by atoms with van der Waals surface area (Å²) in [6.45, 7) is 2.62. The second-order valence-corrected chi connectivity index (χ2v) is 4.07. The molecule has 1 aromatic carbocycles. The topological polar surface area (TPSA) is 24.9 Å². The Morgan fingerprint density at radius 1 is 1.31 bits per heavy atom. The Labute approximate surface area is 99.8 Å². The Hall–Kier alpha value is -1.23. The molecular formula is C11H9BrF2N2. The summed E-state index contributed by atoms with van der Waals surface area (Å²) in [6, 6.07) is 4.15. The number of nitrogens with one attached hydrogen (secondary N) is 1. The average Bonchev–Trinajstić information content (AvgIpc) is 2.27. The van der Waals surface area contributed by atoms with Gasteiger partial charge in [-0.1, -0.05) is 0 Å². The van der Waals surface area contributed by atoms with E-state index in [1.165, 1.54) is 0 Å². The highest BCUT2D eigenvalue weighted by Gasteiger charge is 2.11. The van der Waals surface area contributed by atoms with Crippen LogP contribution in [0.5, 0.6) is 0 Å². The number of benzene rings is 1. The molecule has 0 atom stereocenters. The number of nitrogens with zero attached hydrogens (tertiary/aromatic N) is 1. The normalized spacial score (nSPS) is 10.8. The van der Waals surface area contributed by atoms with Crippen LogP contribution in [0.2, 0.25) is 0 Å². The van der Waals surface area contributed by atoms with Crippen LogP contribution in [-0.2, 0) is 0 Å². The minimum atomic E-state index is -0.657. The fourth-order valence-electron chi connectivity index (χ4n) is 1.47. The van der Waals surface area contributed by atoms with Gasteiger partial charge in [-0.05, 0) is 35.0 Å². The van der Waals surface area contributed by atoms with Gasteiger partial charge in [-0.15, -0.1) is 0 Å². The monoisotopic (exact) mass is 286 g/mol. The summed E-state index contributed by atoms with van der Waals surface area (Å²) in [6.07, 6.45) is 0. The highest BCUT2D eigenvalue weighted by molar-refractivity contribution is 9.10. The lowest BCUT2D eigenvalue weighted by atomic mass is 10.2. The molecule has 0 bridgehead atoms. The van der Waals surface area contributed by atoms with E-state index >= 15 is 0 Å². The predicted molar refractivity (Wildman–Crippen MR) is 63.5 cm³/mol. The second-order valence-electron chi connectivity index (χ2n) is 3.28. The number of hydrogen-bond donors (Lipinski definition) is 1. The van der Waals surface area contributed by atoms with E-state index in [0.29, 0.717) is 17.7 Å². The fraction of sp³-hybridized carbons (Fsp3) is 0.182. The Morgan fingerprint density at radius 3 is 2.75 bits per heavy atom. The maximum absolute atomic E-state index is 13.5. The van der Waals surface area contributed by atoms with E-state index in [0.717, 1.165) is 6.07 Å². The Bertz CT molecular complexity index is 543. The third-order valence-electron chi connectivity index (χ3n) is 2.18. The summed E-state index contributed by atoms with van der Waals surface area (Å²) < 4.78 is 27.0. The minimum absolute atomic E-state index is 0.159. The molecule has 2 aromatic rings. The van der Waals surface area contributed by atoms with Gasteiger partial charge in [0.05, 0.1) is 4.47 Å². The molecule has 16 heavy (non-hydrogen) atoms. The van der Waals surface area contributed by atoms with Crippen LogP contribution in [0.15, 0.2) is 22.7 Å². The van der Waals surface area contributed by atoms with Gasteiger partial charge < -0.3 is 5.32 Å². The van der Waals surface area contributed by atoms with Crippen molar-refractivity contribution in [3.05, 3.63) is 34.3 Å². The Morgan fingerprint density at radius 2 is 2.06 bits per heavy atom. The van der Waals surface area contributed by atoms with E-state index < -0.39 is 11.6 Å². The first-order valence-corrected chi connectivity index (χ1v) is 5.61. The van der Waals surface area contributed by atoms with E-state index in [1.807, 2.05) is 6.92 Å². The molecule has 84 valence electrons. The predicted octanol–water partition coefficient (Wildman–Crippen LogP) is 3.71. The van der Waals surface area contributed by atoms with Crippen molar-refractivity contribution in [2.45, 2.75) is 6.92 Å². The molecule has 0 unspecified atom stereocenters. The number of pyridine rings is 1. The standard InChI is InChI=1S/C11H9BrF2N2/c1-2-15-9-4-3-6-10(12)7(13)5-8(14)11(6)16-9/h3-5H,2H2,1H3,(H,15,16). The Balaban J connectivity index is 2.69. The van der Waals surface area contributed by atoms with Crippen LogP contribution in [0.4, 0.5) is 14.6 Å². The summed E-state index contributed by atoms with van der Waals surface area (Å²) in [7, 11) is 0. The zero-order valence-electron chi connectivity index (χ0n) is 8.52. The average molecular weight is 287 g/mol. The van der Waals surface area contributed by atoms with Gasteiger partial charge >= 0.3 is 0 Å². The summed E-state index contributed by atoms with van der Waals surface area (Å²) in [5, 5.41) is 3.40. The van der Waals surface area contributed by atoms with Gasteiger partial charge in [0, 0.05) is 18.0 Å². The van der Waals surface area contributed by atoms with Crippen molar-refractivity contribution in [2.75, 3.05) is 11.9 Å². The molecular weight excluding hydrogens is 278 g/mol. The lowest BCUT2D eigenvalue weighted by Crippen LogP contribution is -2.00. The van der Waals surface area contributed by atoms with E-state index in [4.69, 9.17) is 0 Å².